The van der Waals surface area contributed by atoms with Crippen LogP contribution in [0.2, 0.25) is 5.02 Å². The Kier molecular flexibility index (Phi) is 2.87. The second-order valence-electron chi connectivity index (χ2n) is 3.03. The normalized spacial score (nSPS) is 10.4. The van der Waals surface area contributed by atoms with E-state index in [0.29, 0.717) is 6.54 Å². The van der Waals surface area contributed by atoms with Crippen LogP contribution in [0.3, 0.4) is 0 Å². The quantitative estimate of drug-likeness (QED) is 0.828. The standard InChI is InChI=1S/C11H10ClNS/c12-11-5-8(6-13)1-2-10(11)9-3-4-14-7-9/h1-5,7H,6,13H2. The molecular weight excluding hydrogens is 214 g/mol. The third-order valence-corrected chi connectivity index (χ3v) is 3.10. The summed E-state index contributed by atoms with van der Waals surface area (Å²) >= 11 is 7.82. The fourth-order valence-electron chi connectivity index (χ4n) is 1.34. The van der Waals surface area contributed by atoms with Gasteiger partial charge < -0.3 is 5.73 Å². The first-order chi connectivity index (χ1) is 6.81. The van der Waals surface area contributed by atoms with Crippen molar-refractivity contribution in [2.45, 2.75) is 6.54 Å². The Bertz CT molecular complexity index is 423. The van der Waals surface area contributed by atoms with Crippen molar-refractivity contribution in [2.75, 3.05) is 0 Å². The molecule has 0 radical (unpaired) electrons. The number of hydrogen-bond acceptors (Lipinski definition) is 2. The van der Waals surface area contributed by atoms with Gasteiger partial charge in [-0.3, -0.25) is 0 Å². The van der Waals surface area contributed by atoms with E-state index in [2.05, 4.69) is 11.4 Å². The van der Waals surface area contributed by atoms with E-state index < -0.39 is 0 Å². The molecule has 1 heterocycles. The van der Waals surface area contributed by atoms with Crippen LogP contribution in [0.5, 0.6) is 0 Å². The van der Waals surface area contributed by atoms with E-state index in [1.165, 1.54) is 5.56 Å². The number of benzene rings is 1. The molecule has 0 bridgehead atoms. The van der Waals surface area contributed by atoms with Crippen LogP contribution in [0.1, 0.15) is 5.56 Å². The molecule has 2 rings (SSSR count). The van der Waals surface area contributed by atoms with E-state index in [0.717, 1.165) is 16.1 Å². The zero-order valence-electron chi connectivity index (χ0n) is 7.53. The fourth-order valence-corrected chi connectivity index (χ4v) is 2.31. The van der Waals surface area contributed by atoms with Crippen LogP contribution in [-0.4, -0.2) is 0 Å². The highest BCUT2D eigenvalue weighted by Crippen LogP contribution is 2.29. The molecule has 0 atom stereocenters. The van der Waals surface area contributed by atoms with Gasteiger partial charge in [-0.15, -0.1) is 0 Å². The smallest absolute Gasteiger partial charge is 0.0487 e. The van der Waals surface area contributed by atoms with Gasteiger partial charge in [-0.2, -0.15) is 11.3 Å². The van der Waals surface area contributed by atoms with Crippen LogP contribution in [0.15, 0.2) is 35.0 Å². The summed E-state index contributed by atoms with van der Waals surface area (Å²) in [7, 11) is 0. The summed E-state index contributed by atoms with van der Waals surface area (Å²) in [5.41, 5.74) is 8.84. The second-order valence-corrected chi connectivity index (χ2v) is 4.22. The van der Waals surface area contributed by atoms with Gasteiger partial charge in [0.25, 0.3) is 0 Å². The Morgan fingerprint density at radius 3 is 2.71 bits per heavy atom. The van der Waals surface area contributed by atoms with Crippen molar-refractivity contribution in [3.05, 3.63) is 45.6 Å². The third-order valence-electron chi connectivity index (χ3n) is 2.10. The number of hydrogen-bond donors (Lipinski definition) is 1. The minimum Gasteiger partial charge on any atom is -0.326 e. The Balaban J connectivity index is 2.46. The maximum Gasteiger partial charge on any atom is 0.0487 e. The summed E-state index contributed by atoms with van der Waals surface area (Å²) in [5, 5.41) is 4.90. The maximum absolute atomic E-state index is 6.15. The molecule has 0 saturated heterocycles. The SMILES string of the molecule is NCc1ccc(-c2ccsc2)c(Cl)c1. The van der Waals surface area contributed by atoms with Crippen molar-refractivity contribution in [1.29, 1.82) is 0 Å². The molecule has 0 aliphatic heterocycles. The minimum atomic E-state index is 0.531. The highest BCUT2D eigenvalue weighted by Gasteiger charge is 2.03. The van der Waals surface area contributed by atoms with Crippen molar-refractivity contribution in [2.24, 2.45) is 5.73 Å². The highest BCUT2D eigenvalue weighted by molar-refractivity contribution is 7.08. The molecule has 0 unspecified atom stereocenters. The molecule has 2 aromatic rings. The molecule has 0 aliphatic carbocycles. The first-order valence-electron chi connectivity index (χ1n) is 4.32. The van der Waals surface area contributed by atoms with Crippen LogP contribution >= 0.6 is 22.9 Å². The first-order valence-corrected chi connectivity index (χ1v) is 5.64. The fraction of sp³-hybridized carbons (Fsp3) is 0.0909. The van der Waals surface area contributed by atoms with E-state index in [1.54, 1.807) is 11.3 Å². The predicted molar refractivity (Wildman–Crippen MR) is 62.7 cm³/mol. The lowest BCUT2D eigenvalue weighted by atomic mass is 10.1. The van der Waals surface area contributed by atoms with Gasteiger partial charge in [-0.1, -0.05) is 23.7 Å². The number of nitrogens with two attached hydrogens (primary N) is 1. The molecule has 14 heavy (non-hydrogen) atoms. The minimum absolute atomic E-state index is 0.531. The Morgan fingerprint density at radius 1 is 1.29 bits per heavy atom. The Labute approximate surface area is 92.1 Å². The monoisotopic (exact) mass is 223 g/mol. The largest absolute Gasteiger partial charge is 0.326 e. The average molecular weight is 224 g/mol. The highest BCUT2D eigenvalue weighted by atomic mass is 35.5. The Morgan fingerprint density at radius 2 is 2.14 bits per heavy atom. The number of halogens is 1. The molecule has 0 amide bonds. The molecule has 2 N–H and O–H groups in total. The number of rotatable bonds is 2. The van der Waals surface area contributed by atoms with E-state index in [1.807, 2.05) is 23.6 Å². The summed E-state index contributed by atoms with van der Waals surface area (Å²) in [6.45, 7) is 0.531. The zero-order valence-corrected chi connectivity index (χ0v) is 9.11. The zero-order chi connectivity index (χ0) is 9.97. The van der Waals surface area contributed by atoms with Gasteiger partial charge >= 0.3 is 0 Å². The topological polar surface area (TPSA) is 26.0 Å². The molecular formula is C11H10ClNS. The van der Waals surface area contributed by atoms with Crippen molar-refractivity contribution >= 4 is 22.9 Å². The van der Waals surface area contributed by atoms with Gasteiger partial charge in [-0.25, -0.2) is 0 Å². The third kappa shape index (κ3) is 1.82. The van der Waals surface area contributed by atoms with Crippen molar-refractivity contribution in [3.63, 3.8) is 0 Å². The van der Waals surface area contributed by atoms with Crippen molar-refractivity contribution < 1.29 is 0 Å². The molecule has 1 aromatic heterocycles. The van der Waals surface area contributed by atoms with E-state index in [4.69, 9.17) is 17.3 Å². The van der Waals surface area contributed by atoms with Crippen LogP contribution in [0, 0.1) is 0 Å². The molecule has 3 heteroatoms. The van der Waals surface area contributed by atoms with Gasteiger partial charge in [0.15, 0.2) is 0 Å². The summed E-state index contributed by atoms with van der Waals surface area (Å²) < 4.78 is 0. The van der Waals surface area contributed by atoms with E-state index >= 15 is 0 Å². The van der Waals surface area contributed by atoms with Crippen LogP contribution in [0.25, 0.3) is 11.1 Å². The molecule has 0 spiro atoms. The second kappa shape index (κ2) is 4.13. The van der Waals surface area contributed by atoms with Crippen LogP contribution < -0.4 is 5.73 Å². The van der Waals surface area contributed by atoms with Crippen LogP contribution in [-0.2, 0) is 6.54 Å². The average Bonchev–Trinajstić information content (AvgIpc) is 2.70. The summed E-state index contributed by atoms with van der Waals surface area (Å²) in [6, 6.07) is 8.02. The maximum atomic E-state index is 6.15. The molecule has 0 saturated carbocycles. The first kappa shape index (κ1) is 9.71. The summed E-state index contributed by atoms with van der Waals surface area (Å²) in [5.74, 6) is 0. The lowest BCUT2D eigenvalue weighted by Crippen LogP contribution is -1.95. The van der Waals surface area contributed by atoms with Gasteiger partial charge in [0.2, 0.25) is 0 Å². The van der Waals surface area contributed by atoms with Gasteiger partial charge in [-0.05, 0) is 34.0 Å². The molecule has 0 aliphatic rings. The van der Waals surface area contributed by atoms with Crippen molar-refractivity contribution in [3.8, 4) is 11.1 Å². The van der Waals surface area contributed by atoms with Crippen LogP contribution in [0.4, 0.5) is 0 Å². The lowest BCUT2D eigenvalue weighted by molar-refractivity contribution is 1.07. The molecule has 0 fully saturated rings. The molecule has 72 valence electrons. The van der Waals surface area contributed by atoms with E-state index in [-0.39, 0.29) is 0 Å². The van der Waals surface area contributed by atoms with Gasteiger partial charge in [0.05, 0.1) is 0 Å². The molecule has 1 aromatic carbocycles. The van der Waals surface area contributed by atoms with Crippen molar-refractivity contribution in [1.82, 2.24) is 0 Å². The predicted octanol–water partition coefficient (Wildman–Crippen LogP) is 3.53. The Hall–Kier alpha value is -0.830. The van der Waals surface area contributed by atoms with Gasteiger partial charge in [0, 0.05) is 17.1 Å². The lowest BCUT2D eigenvalue weighted by Gasteiger charge is -2.03. The van der Waals surface area contributed by atoms with Gasteiger partial charge in [0.1, 0.15) is 0 Å². The summed E-state index contributed by atoms with van der Waals surface area (Å²) in [6.07, 6.45) is 0. The summed E-state index contributed by atoms with van der Waals surface area (Å²) in [4.78, 5) is 0. The molecule has 1 nitrogen and oxygen atoms in total. The van der Waals surface area contributed by atoms with E-state index in [9.17, 15) is 0 Å². The number of thiophene rings is 1.